The molecule has 0 unspecified atom stereocenters. The average molecular weight is 493 g/mol. The number of hydrogen-bond acceptors (Lipinski definition) is 5. The van der Waals surface area contributed by atoms with E-state index < -0.39 is 5.97 Å². The topological polar surface area (TPSA) is 82.8 Å². The SMILES string of the molecule is COCCc1nn(C[C@H]2CC[C@@H](COCC(=O)O)CC2)c(-c2cccc(OC)c2)c1-c1ccccc1. The van der Waals surface area contributed by atoms with Gasteiger partial charge >= 0.3 is 5.97 Å². The molecule has 0 saturated heterocycles. The molecule has 7 heteroatoms. The Bertz CT molecular complexity index is 1120. The number of benzene rings is 2. The molecule has 1 aliphatic carbocycles. The van der Waals surface area contributed by atoms with Crippen molar-refractivity contribution in [3.63, 3.8) is 0 Å². The van der Waals surface area contributed by atoms with E-state index in [0.29, 0.717) is 25.0 Å². The van der Waals surface area contributed by atoms with E-state index >= 15 is 0 Å². The van der Waals surface area contributed by atoms with Crippen LogP contribution in [0.2, 0.25) is 0 Å². The van der Waals surface area contributed by atoms with Crippen LogP contribution in [0.15, 0.2) is 54.6 Å². The lowest BCUT2D eigenvalue weighted by atomic mass is 9.82. The van der Waals surface area contributed by atoms with Gasteiger partial charge in [-0.1, -0.05) is 42.5 Å². The van der Waals surface area contributed by atoms with Crippen molar-refractivity contribution < 1.29 is 24.1 Å². The van der Waals surface area contributed by atoms with Crippen LogP contribution >= 0.6 is 0 Å². The van der Waals surface area contributed by atoms with Crippen LogP contribution in [-0.4, -0.2) is 54.9 Å². The maximum absolute atomic E-state index is 10.7. The van der Waals surface area contributed by atoms with Crippen LogP contribution in [0.4, 0.5) is 0 Å². The summed E-state index contributed by atoms with van der Waals surface area (Å²) in [6.45, 7) is 1.75. The van der Waals surface area contributed by atoms with Crippen LogP contribution in [0.3, 0.4) is 0 Å². The Hall–Kier alpha value is -3.16. The zero-order chi connectivity index (χ0) is 25.3. The maximum atomic E-state index is 10.7. The summed E-state index contributed by atoms with van der Waals surface area (Å²) in [5.41, 5.74) is 5.53. The first kappa shape index (κ1) is 25.9. The third kappa shape index (κ3) is 6.53. The number of nitrogens with zero attached hydrogens (tertiary/aromatic N) is 2. The Morgan fingerprint density at radius 2 is 1.72 bits per heavy atom. The third-order valence-corrected chi connectivity index (χ3v) is 6.95. The van der Waals surface area contributed by atoms with E-state index in [2.05, 4.69) is 41.1 Å². The van der Waals surface area contributed by atoms with Gasteiger partial charge in [0.25, 0.3) is 0 Å². The minimum atomic E-state index is -0.911. The van der Waals surface area contributed by atoms with Gasteiger partial charge in [0.15, 0.2) is 0 Å². The third-order valence-electron chi connectivity index (χ3n) is 6.95. The number of carbonyl (C=O) groups is 1. The van der Waals surface area contributed by atoms with Crippen LogP contribution in [0, 0.1) is 11.8 Å². The van der Waals surface area contributed by atoms with Gasteiger partial charge in [0.05, 0.1) is 31.7 Å². The molecule has 1 heterocycles. The fraction of sp³-hybridized carbons (Fsp3) is 0.448. The normalized spacial score (nSPS) is 17.7. The maximum Gasteiger partial charge on any atom is 0.329 e. The standard InChI is InChI=1S/C29H36N2O5/c1-34-16-15-26-28(23-7-4-3-5-8-23)29(24-9-6-10-25(17-24)35-2)31(30-26)18-21-11-13-22(14-12-21)19-36-20-27(32)33/h3-10,17,21-22H,11-16,18-20H2,1-2H3,(H,32,33)/t21-,22+. The summed E-state index contributed by atoms with van der Waals surface area (Å²) in [7, 11) is 3.41. The number of rotatable bonds is 12. The van der Waals surface area contributed by atoms with Crippen molar-refractivity contribution in [2.75, 3.05) is 34.0 Å². The van der Waals surface area contributed by atoms with Crippen molar-refractivity contribution in [2.45, 2.75) is 38.6 Å². The first-order chi connectivity index (χ1) is 17.6. The van der Waals surface area contributed by atoms with E-state index in [4.69, 9.17) is 24.4 Å². The molecule has 3 aromatic rings. The minimum Gasteiger partial charge on any atom is -0.497 e. The predicted octanol–water partition coefficient (Wildman–Crippen LogP) is 5.32. The molecule has 1 saturated carbocycles. The van der Waals surface area contributed by atoms with Gasteiger partial charge in [0, 0.05) is 31.2 Å². The molecule has 36 heavy (non-hydrogen) atoms. The van der Waals surface area contributed by atoms with Crippen molar-refractivity contribution in [1.29, 1.82) is 0 Å². The van der Waals surface area contributed by atoms with E-state index in [-0.39, 0.29) is 6.61 Å². The highest BCUT2D eigenvalue weighted by Crippen LogP contribution is 2.38. The Morgan fingerprint density at radius 1 is 1.00 bits per heavy atom. The van der Waals surface area contributed by atoms with Crippen LogP contribution in [0.5, 0.6) is 5.75 Å². The molecule has 1 aromatic heterocycles. The first-order valence-electron chi connectivity index (χ1n) is 12.7. The number of ether oxygens (including phenoxy) is 3. The van der Waals surface area contributed by atoms with E-state index in [1.165, 1.54) is 0 Å². The summed E-state index contributed by atoms with van der Waals surface area (Å²) < 4.78 is 18.5. The van der Waals surface area contributed by atoms with Gasteiger partial charge in [0.1, 0.15) is 12.4 Å². The van der Waals surface area contributed by atoms with E-state index in [0.717, 1.165) is 72.5 Å². The zero-order valence-electron chi connectivity index (χ0n) is 21.2. The summed E-state index contributed by atoms with van der Waals surface area (Å²) in [5.74, 6) is 0.836. The van der Waals surface area contributed by atoms with Gasteiger partial charge in [-0.25, -0.2) is 4.79 Å². The lowest BCUT2D eigenvalue weighted by molar-refractivity contribution is -0.142. The number of carboxylic acid groups (broad SMARTS) is 1. The average Bonchev–Trinajstić information content (AvgIpc) is 3.26. The van der Waals surface area contributed by atoms with Gasteiger partial charge in [-0.05, 0) is 55.2 Å². The summed E-state index contributed by atoms with van der Waals surface area (Å²) in [6.07, 6.45) is 4.97. The van der Waals surface area contributed by atoms with Crippen molar-refractivity contribution in [3.8, 4) is 28.1 Å². The van der Waals surface area contributed by atoms with Crippen molar-refractivity contribution in [1.82, 2.24) is 9.78 Å². The lowest BCUT2D eigenvalue weighted by Gasteiger charge is -2.28. The lowest BCUT2D eigenvalue weighted by Crippen LogP contribution is -2.23. The second-order valence-corrected chi connectivity index (χ2v) is 9.49. The molecule has 0 spiro atoms. The minimum absolute atomic E-state index is 0.219. The molecule has 1 aliphatic rings. The molecular weight excluding hydrogens is 456 g/mol. The van der Waals surface area contributed by atoms with Gasteiger partial charge in [-0.2, -0.15) is 5.10 Å². The van der Waals surface area contributed by atoms with Crippen LogP contribution in [-0.2, 0) is 27.2 Å². The van der Waals surface area contributed by atoms with Crippen LogP contribution in [0.25, 0.3) is 22.4 Å². The number of carboxylic acids is 1. The number of aliphatic carboxylic acids is 1. The van der Waals surface area contributed by atoms with Crippen molar-refractivity contribution in [2.24, 2.45) is 11.8 Å². The second-order valence-electron chi connectivity index (χ2n) is 9.49. The Morgan fingerprint density at radius 3 is 2.42 bits per heavy atom. The molecule has 1 fully saturated rings. The van der Waals surface area contributed by atoms with Gasteiger partial charge in [-0.3, -0.25) is 4.68 Å². The monoisotopic (exact) mass is 492 g/mol. The molecule has 4 rings (SSSR count). The number of aromatic nitrogens is 2. The molecule has 0 aliphatic heterocycles. The molecule has 0 radical (unpaired) electrons. The van der Waals surface area contributed by atoms with E-state index in [1.807, 2.05) is 18.2 Å². The predicted molar refractivity (Wildman–Crippen MR) is 139 cm³/mol. The van der Waals surface area contributed by atoms with Crippen molar-refractivity contribution >= 4 is 5.97 Å². The molecule has 192 valence electrons. The summed E-state index contributed by atoms with van der Waals surface area (Å²) >= 11 is 0. The molecular formula is C29H36N2O5. The molecule has 0 bridgehead atoms. The largest absolute Gasteiger partial charge is 0.497 e. The smallest absolute Gasteiger partial charge is 0.329 e. The number of hydrogen-bond donors (Lipinski definition) is 1. The summed E-state index contributed by atoms with van der Waals surface area (Å²) in [6, 6.07) is 18.6. The molecule has 7 nitrogen and oxygen atoms in total. The second kappa shape index (κ2) is 12.7. The molecule has 1 N–H and O–H groups in total. The molecule has 2 aromatic carbocycles. The molecule has 0 atom stereocenters. The van der Waals surface area contributed by atoms with Crippen LogP contribution in [0.1, 0.15) is 31.4 Å². The highest BCUT2D eigenvalue weighted by Gasteiger charge is 2.26. The fourth-order valence-electron chi connectivity index (χ4n) is 5.13. The quantitative estimate of drug-likeness (QED) is 0.368. The van der Waals surface area contributed by atoms with Crippen molar-refractivity contribution in [3.05, 3.63) is 60.3 Å². The Labute approximate surface area is 213 Å². The molecule has 0 amide bonds. The van der Waals surface area contributed by atoms with E-state index in [9.17, 15) is 4.79 Å². The highest BCUT2D eigenvalue weighted by atomic mass is 16.5. The van der Waals surface area contributed by atoms with Gasteiger partial charge in [-0.15, -0.1) is 0 Å². The summed E-state index contributed by atoms with van der Waals surface area (Å²) in [5, 5.41) is 14.0. The zero-order valence-corrected chi connectivity index (χ0v) is 21.2. The Kier molecular flexibility index (Phi) is 9.14. The Balaban J connectivity index is 1.63. The van der Waals surface area contributed by atoms with E-state index in [1.54, 1.807) is 14.2 Å². The van der Waals surface area contributed by atoms with Gasteiger partial charge < -0.3 is 19.3 Å². The summed E-state index contributed by atoms with van der Waals surface area (Å²) in [4.78, 5) is 10.7. The van der Waals surface area contributed by atoms with Crippen LogP contribution < -0.4 is 4.74 Å². The highest BCUT2D eigenvalue weighted by molar-refractivity contribution is 5.83. The fourth-order valence-corrected chi connectivity index (χ4v) is 5.13. The first-order valence-corrected chi connectivity index (χ1v) is 12.7. The van der Waals surface area contributed by atoms with Gasteiger partial charge in [0.2, 0.25) is 0 Å². The number of methoxy groups -OCH3 is 2.